The highest BCUT2D eigenvalue weighted by Gasteiger charge is 2.27. The predicted octanol–water partition coefficient (Wildman–Crippen LogP) is 3.27. The smallest absolute Gasteiger partial charge is 0.168 e. The fraction of sp³-hybridized carbons (Fsp3) is 0.476. The van der Waals surface area contributed by atoms with Gasteiger partial charge in [-0.15, -0.1) is 0 Å². The molecule has 140 valence electrons. The fourth-order valence-electron chi connectivity index (χ4n) is 4.57. The molecule has 0 N–H and O–H groups in total. The monoisotopic (exact) mass is 362 g/mol. The van der Waals surface area contributed by atoms with Crippen molar-refractivity contribution in [3.05, 3.63) is 42.9 Å². The highest BCUT2D eigenvalue weighted by atomic mass is 15.3. The highest BCUT2D eigenvalue weighted by Crippen LogP contribution is 2.28. The zero-order valence-electron chi connectivity index (χ0n) is 15.7. The highest BCUT2D eigenvalue weighted by molar-refractivity contribution is 5.87. The average Bonchev–Trinajstić information content (AvgIpc) is 3.19. The number of likely N-dealkylation sites (tertiary alicyclic amines) is 1. The minimum Gasteiger partial charge on any atom is -0.356 e. The quantitative estimate of drug-likeness (QED) is 0.716. The lowest BCUT2D eigenvalue weighted by molar-refractivity contribution is 0.141. The zero-order valence-corrected chi connectivity index (χ0v) is 15.7. The van der Waals surface area contributed by atoms with Gasteiger partial charge in [0.25, 0.3) is 0 Å². The molecule has 1 aromatic carbocycles. The predicted molar refractivity (Wildman–Crippen MR) is 107 cm³/mol. The Bertz CT molecular complexity index is 891. The maximum Gasteiger partial charge on any atom is 0.168 e. The van der Waals surface area contributed by atoms with Gasteiger partial charge in [-0.3, -0.25) is 0 Å². The van der Waals surface area contributed by atoms with Crippen molar-refractivity contribution in [2.45, 2.75) is 38.1 Å². The van der Waals surface area contributed by atoms with Gasteiger partial charge in [-0.2, -0.15) is 5.10 Å². The molecule has 0 unspecified atom stereocenters. The minimum atomic E-state index is 0.742. The summed E-state index contributed by atoms with van der Waals surface area (Å²) in [5.74, 6) is 1.03. The van der Waals surface area contributed by atoms with Crippen molar-refractivity contribution in [2.75, 3.05) is 31.1 Å². The molecule has 2 aliphatic heterocycles. The second-order valence-electron chi connectivity index (χ2n) is 7.64. The Labute approximate surface area is 159 Å². The Kier molecular flexibility index (Phi) is 4.49. The molecule has 27 heavy (non-hydrogen) atoms. The number of anilines is 1. The second-order valence-corrected chi connectivity index (χ2v) is 7.64. The van der Waals surface area contributed by atoms with Gasteiger partial charge in [0.15, 0.2) is 5.65 Å². The minimum absolute atomic E-state index is 0.742. The van der Waals surface area contributed by atoms with E-state index in [1.54, 1.807) is 6.33 Å². The van der Waals surface area contributed by atoms with Crippen molar-refractivity contribution >= 4 is 16.9 Å². The molecule has 4 heterocycles. The van der Waals surface area contributed by atoms with Crippen LogP contribution in [-0.2, 0) is 0 Å². The molecule has 2 aliphatic rings. The van der Waals surface area contributed by atoms with E-state index >= 15 is 0 Å². The Morgan fingerprint density at radius 1 is 0.852 bits per heavy atom. The van der Waals surface area contributed by atoms with E-state index in [-0.39, 0.29) is 0 Å². The van der Waals surface area contributed by atoms with Crippen LogP contribution in [0.15, 0.2) is 42.9 Å². The largest absolute Gasteiger partial charge is 0.356 e. The van der Waals surface area contributed by atoms with Gasteiger partial charge >= 0.3 is 0 Å². The molecule has 0 radical (unpaired) electrons. The van der Waals surface area contributed by atoms with Gasteiger partial charge in [-0.25, -0.2) is 14.6 Å². The molecule has 0 atom stereocenters. The normalized spacial score (nSPS) is 19.6. The van der Waals surface area contributed by atoms with Gasteiger partial charge in [-0.1, -0.05) is 24.6 Å². The van der Waals surface area contributed by atoms with E-state index in [1.165, 1.54) is 45.2 Å². The number of hydrogen-bond acceptors (Lipinski definition) is 5. The zero-order chi connectivity index (χ0) is 18.1. The lowest BCUT2D eigenvalue weighted by atomic mass is 10.00. The van der Waals surface area contributed by atoms with Crippen LogP contribution in [0.5, 0.6) is 0 Å². The van der Waals surface area contributed by atoms with E-state index in [1.807, 2.05) is 29.1 Å². The summed E-state index contributed by atoms with van der Waals surface area (Å²) in [6.07, 6.45) is 10.2. The average molecular weight is 362 g/mol. The summed E-state index contributed by atoms with van der Waals surface area (Å²) < 4.78 is 1.90. The summed E-state index contributed by atoms with van der Waals surface area (Å²) in [5, 5.41) is 5.63. The summed E-state index contributed by atoms with van der Waals surface area (Å²) >= 11 is 0. The summed E-state index contributed by atoms with van der Waals surface area (Å²) in [4.78, 5) is 14.3. The molecule has 0 amide bonds. The fourth-order valence-corrected chi connectivity index (χ4v) is 4.57. The van der Waals surface area contributed by atoms with Crippen molar-refractivity contribution < 1.29 is 0 Å². The van der Waals surface area contributed by atoms with Crippen molar-refractivity contribution in [1.82, 2.24) is 24.6 Å². The topological polar surface area (TPSA) is 50.1 Å². The van der Waals surface area contributed by atoms with Crippen LogP contribution in [0.4, 0.5) is 5.82 Å². The first-order valence-electron chi connectivity index (χ1n) is 10.1. The van der Waals surface area contributed by atoms with Crippen molar-refractivity contribution in [3.63, 3.8) is 0 Å². The molecule has 6 nitrogen and oxygen atoms in total. The first kappa shape index (κ1) is 16.7. The molecule has 2 aromatic heterocycles. The van der Waals surface area contributed by atoms with Gasteiger partial charge in [0, 0.05) is 19.1 Å². The molecular formula is C21H26N6. The van der Waals surface area contributed by atoms with Crippen LogP contribution < -0.4 is 4.90 Å². The third-order valence-electron chi connectivity index (χ3n) is 6.02. The number of fused-ring (bicyclic) bond motifs is 1. The van der Waals surface area contributed by atoms with Crippen LogP contribution in [0.3, 0.4) is 0 Å². The molecule has 2 saturated heterocycles. The molecule has 0 bridgehead atoms. The van der Waals surface area contributed by atoms with Crippen LogP contribution in [0.2, 0.25) is 0 Å². The van der Waals surface area contributed by atoms with Crippen LogP contribution in [-0.4, -0.2) is 56.9 Å². The van der Waals surface area contributed by atoms with Crippen molar-refractivity contribution in [1.29, 1.82) is 0 Å². The first-order chi connectivity index (χ1) is 13.4. The third kappa shape index (κ3) is 3.18. The second kappa shape index (κ2) is 7.27. The number of nitrogens with zero attached hydrogens (tertiary/aromatic N) is 6. The number of hydrogen-bond donors (Lipinski definition) is 0. The molecule has 3 aromatic rings. The summed E-state index contributed by atoms with van der Waals surface area (Å²) in [6, 6.07) is 10.9. The molecule has 6 heteroatoms. The molecule has 0 aliphatic carbocycles. The van der Waals surface area contributed by atoms with E-state index in [2.05, 4.69) is 37.0 Å². The van der Waals surface area contributed by atoms with Gasteiger partial charge in [0.1, 0.15) is 12.1 Å². The molecule has 0 spiro atoms. The maximum absolute atomic E-state index is 4.62. The molecule has 5 rings (SSSR count). The van der Waals surface area contributed by atoms with Crippen LogP contribution in [0.25, 0.3) is 16.7 Å². The SMILES string of the molecule is c1ccc(-n2ncc3c(N4CCC(N5CCCCC5)CC4)ncnc32)cc1. The molecule has 2 fully saturated rings. The van der Waals surface area contributed by atoms with E-state index in [9.17, 15) is 0 Å². The van der Waals surface area contributed by atoms with E-state index in [4.69, 9.17) is 0 Å². The van der Waals surface area contributed by atoms with E-state index in [0.29, 0.717) is 0 Å². The van der Waals surface area contributed by atoms with Crippen LogP contribution >= 0.6 is 0 Å². The summed E-state index contributed by atoms with van der Waals surface area (Å²) in [6.45, 7) is 4.69. The van der Waals surface area contributed by atoms with Crippen molar-refractivity contribution in [2.24, 2.45) is 0 Å². The van der Waals surface area contributed by atoms with Gasteiger partial charge in [0.2, 0.25) is 0 Å². The number of para-hydroxylation sites is 1. The van der Waals surface area contributed by atoms with E-state index in [0.717, 1.165) is 41.7 Å². The Hall–Kier alpha value is -2.47. The lowest BCUT2D eigenvalue weighted by Gasteiger charge is -2.40. The Morgan fingerprint density at radius 3 is 2.41 bits per heavy atom. The number of aromatic nitrogens is 4. The number of benzene rings is 1. The summed E-state index contributed by atoms with van der Waals surface area (Å²) in [5.41, 5.74) is 1.91. The van der Waals surface area contributed by atoms with Gasteiger partial charge < -0.3 is 9.80 Å². The molecule has 0 saturated carbocycles. The lowest BCUT2D eigenvalue weighted by Crippen LogP contribution is -2.47. The first-order valence-corrected chi connectivity index (χ1v) is 10.1. The van der Waals surface area contributed by atoms with Crippen molar-refractivity contribution in [3.8, 4) is 5.69 Å². The standard InChI is InChI=1S/C21H26N6/c1-3-7-18(8-4-1)27-21-19(15-24-27)20(22-16-23-21)26-13-9-17(10-14-26)25-11-5-2-6-12-25/h1,3-4,7-8,15-17H,2,5-6,9-14H2. The molecular weight excluding hydrogens is 336 g/mol. The van der Waals surface area contributed by atoms with E-state index < -0.39 is 0 Å². The Balaban J connectivity index is 1.37. The maximum atomic E-state index is 4.62. The number of rotatable bonds is 3. The number of piperidine rings is 2. The van der Waals surface area contributed by atoms with Gasteiger partial charge in [-0.05, 0) is 50.9 Å². The summed E-state index contributed by atoms with van der Waals surface area (Å²) in [7, 11) is 0. The van der Waals surface area contributed by atoms with Gasteiger partial charge in [0.05, 0.1) is 17.3 Å². The Morgan fingerprint density at radius 2 is 1.63 bits per heavy atom. The third-order valence-corrected chi connectivity index (χ3v) is 6.02. The van der Waals surface area contributed by atoms with Crippen LogP contribution in [0, 0.1) is 0 Å². The van der Waals surface area contributed by atoms with Crippen LogP contribution in [0.1, 0.15) is 32.1 Å².